The van der Waals surface area contributed by atoms with Crippen molar-refractivity contribution >= 4 is 0 Å². The van der Waals surface area contributed by atoms with Crippen LogP contribution in [-0.2, 0) is 0 Å². The molecule has 2 aliphatic rings. The summed E-state index contributed by atoms with van der Waals surface area (Å²) in [6.45, 7) is 4.38. The highest BCUT2D eigenvalue weighted by atomic mass is 16.5. The van der Waals surface area contributed by atoms with Crippen LogP contribution in [0.15, 0.2) is 24.3 Å². The molecule has 2 nitrogen and oxygen atoms in total. The molecular weight excluding hydrogens is 246 g/mol. The number of para-hydroxylation sites is 1. The van der Waals surface area contributed by atoms with Gasteiger partial charge in [0.1, 0.15) is 5.75 Å². The summed E-state index contributed by atoms with van der Waals surface area (Å²) >= 11 is 0. The normalized spacial score (nSPS) is 30.1. The molecule has 1 heterocycles. The van der Waals surface area contributed by atoms with Gasteiger partial charge in [0.2, 0.25) is 0 Å². The van der Waals surface area contributed by atoms with E-state index in [1.54, 1.807) is 0 Å². The molecule has 0 radical (unpaired) electrons. The van der Waals surface area contributed by atoms with Gasteiger partial charge in [-0.15, -0.1) is 0 Å². The van der Waals surface area contributed by atoms with E-state index in [2.05, 4.69) is 36.5 Å². The highest BCUT2D eigenvalue weighted by molar-refractivity contribution is 5.37. The predicted octanol–water partition coefficient (Wildman–Crippen LogP) is 4.11. The third-order valence-electron chi connectivity index (χ3n) is 4.99. The quantitative estimate of drug-likeness (QED) is 0.837. The van der Waals surface area contributed by atoms with Crippen molar-refractivity contribution in [2.75, 3.05) is 13.2 Å². The second-order valence-electron chi connectivity index (χ2n) is 6.59. The van der Waals surface area contributed by atoms with Gasteiger partial charge in [-0.1, -0.05) is 38.0 Å². The molecule has 0 bridgehead atoms. The Balaban J connectivity index is 1.56. The van der Waals surface area contributed by atoms with Gasteiger partial charge < -0.3 is 10.1 Å². The van der Waals surface area contributed by atoms with Gasteiger partial charge in [0.25, 0.3) is 0 Å². The molecule has 1 aromatic carbocycles. The zero-order valence-electron chi connectivity index (χ0n) is 12.6. The Morgan fingerprint density at radius 3 is 2.95 bits per heavy atom. The first-order chi connectivity index (χ1) is 9.83. The smallest absolute Gasteiger partial charge is 0.122 e. The zero-order valence-corrected chi connectivity index (χ0v) is 12.6. The van der Waals surface area contributed by atoms with Crippen LogP contribution in [0.1, 0.15) is 56.9 Å². The molecule has 1 aliphatic carbocycles. The van der Waals surface area contributed by atoms with Gasteiger partial charge in [0.15, 0.2) is 0 Å². The van der Waals surface area contributed by atoms with Crippen LogP contribution in [0.25, 0.3) is 0 Å². The lowest BCUT2D eigenvalue weighted by molar-refractivity contribution is 0.261. The summed E-state index contributed by atoms with van der Waals surface area (Å²) in [6.07, 6.45) is 8.05. The summed E-state index contributed by atoms with van der Waals surface area (Å²) in [5.74, 6) is 2.64. The van der Waals surface area contributed by atoms with Crippen LogP contribution in [0.3, 0.4) is 0 Å². The van der Waals surface area contributed by atoms with Gasteiger partial charge in [-0.25, -0.2) is 0 Å². The van der Waals surface area contributed by atoms with Crippen molar-refractivity contribution in [1.29, 1.82) is 0 Å². The lowest BCUT2D eigenvalue weighted by Crippen LogP contribution is -2.34. The van der Waals surface area contributed by atoms with Crippen molar-refractivity contribution in [1.82, 2.24) is 5.32 Å². The fourth-order valence-electron chi connectivity index (χ4n) is 3.63. The Kier molecular flexibility index (Phi) is 4.62. The van der Waals surface area contributed by atoms with Gasteiger partial charge in [0, 0.05) is 18.5 Å². The van der Waals surface area contributed by atoms with E-state index in [1.807, 2.05) is 0 Å². The summed E-state index contributed by atoms with van der Waals surface area (Å²) in [7, 11) is 0. The summed E-state index contributed by atoms with van der Waals surface area (Å²) in [5.41, 5.74) is 1.40. The average molecular weight is 273 g/mol. The number of nitrogens with one attached hydrogen (secondary N) is 1. The summed E-state index contributed by atoms with van der Waals surface area (Å²) in [6, 6.07) is 9.27. The summed E-state index contributed by atoms with van der Waals surface area (Å²) < 4.78 is 5.75. The Bertz CT molecular complexity index is 431. The number of hydrogen-bond acceptors (Lipinski definition) is 2. The van der Waals surface area contributed by atoms with Crippen LogP contribution in [0.2, 0.25) is 0 Å². The highest BCUT2D eigenvalue weighted by Crippen LogP contribution is 2.33. The molecule has 1 N–H and O–H groups in total. The Morgan fingerprint density at radius 2 is 2.00 bits per heavy atom. The Labute approximate surface area is 122 Å². The summed E-state index contributed by atoms with van der Waals surface area (Å²) in [4.78, 5) is 0. The fourth-order valence-corrected chi connectivity index (χ4v) is 3.63. The maximum Gasteiger partial charge on any atom is 0.122 e. The van der Waals surface area contributed by atoms with Crippen LogP contribution in [-0.4, -0.2) is 19.2 Å². The van der Waals surface area contributed by atoms with Crippen molar-refractivity contribution in [3.05, 3.63) is 29.8 Å². The largest absolute Gasteiger partial charge is 0.493 e. The Morgan fingerprint density at radius 1 is 1.10 bits per heavy atom. The molecule has 3 unspecified atom stereocenters. The molecule has 1 aromatic rings. The maximum absolute atomic E-state index is 5.75. The van der Waals surface area contributed by atoms with E-state index in [9.17, 15) is 0 Å². The standard InChI is InChI=1S/C18H27NO/c1-14-5-4-6-16(10-9-14)19-13-15-11-12-20-18-8-3-2-7-17(15)18/h2-3,7-8,14-16,19H,4-6,9-13H2,1H3. The molecule has 0 spiro atoms. The highest BCUT2D eigenvalue weighted by Gasteiger charge is 2.22. The number of rotatable bonds is 3. The number of benzene rings is 1. The third-order valence-corrected chi connectivity index (χ3v) is 4.99. The average Bonchev–Trinajstić information content (AvgIpc) is 2.70. The first-order valence-corrected chi connectivity index (χ1v) is 8.28. The van der Waals surface area contributed by atoms with Gasteiger partial charge in [0.05, 0.1) is 6.61 Å². The lowest BCUT2D eigenvalue weighted by Gasteiger charge is -2.28. The van der Waals surface area contributed by atoms with Crippen LogP contribution >= 0.6 is 0 Å². The van der Waals surface area contributed by atoms with Gasteiger partial charge in [-0.3, -0.25) is 0 Å². The van der Waals surface area contributed by atoms with Gasteiger partial charge >= 0.3 is 0 Å². The lowest BCUT2D eigenvalue weighted by atomic mass is 9.92. The van der Waals surface area contributed by atoms with Crippen molar-refractivity contribution in [3.8, 4) is 5.75 Å². The molecular formula is C18H27NO. The number of hydrogen-bond donors (Lipinski definition) is 1. The first-order valence-electron chi connectivity index (χ1n) is 8.28. The van der Waals surface area contributed by atoms with E-state index >= 15 is 0 Å². The third kappa shape index (κ3) is 3.35. The molecule has 1 aliphatic heterocycles. The molecule has 2 heteroatoms. The predicted molar refractivity (Wildman–Crippen MR) is 83.3 cm³/mol. The molecule has 1 fully saturated rings. The SMILES string of the molecule is CC1CCCC(NCC2CCOc3ccccc32)CC1. The molecule has 1 saturated carbocycles. The van der Waals surface area contributed by atoms with E-state index < -0.39 is 0 Å². The topological polar surface area (TPSA) is 21.3 Å². The van der Waals surface area contributed by atoms with Crippen molar-refractivity contribution in [2.45, 2.75) is 57.4 Å². The van der Waals surface area contributed by atoms with Crippen LogP contribution in [0, 0.1) is 5.92 Å². The minimum atomic E-state index is 0.626. The zero-order chi connectivity index (χ0) is 13.8. The minimum Gasteiger partial charge on any atom is -0.493 e. The fraction of sp³-hybridized carbons (Fsp3) is 0.667. The van der Waals surface area contributed by atoms with Crippen molar-refractivity contribution in [3.63, 3.8) is 0 Å². The van der Waals surface area contributed by atoms with Crippen LogP contribution < -0.4 is 10.1 Å². The molecule has 0 aromatic heterocycles. The second kappa shape index (κ2) is 6.62. The molecule has 3 atom stereocenters. The van der Waals surface area contributed by atoms with Gasteiger partial charge in [-0.05, 0) is 43.2 Å². The monoisotopic (exact) mass is 273 g/mol. The second-order valence-corrected chi connectivity index (χ2v) is 6.59. The maximum atomic E-state index is 5.75. The van der Waals surface area contributed by atoms with E-state index in [4.69, 9.17) is 4.74 Å². The minimum absolute atomic E-state index is 0.626. The molecule has 0 amide bonds. The molecule has 20 heavy (non-hydrogen) atoms. The van der Waals surface area contributed by atoms with Crippen LogP contribution in [0.5, 0.6) is 5.75 Å². The number of fused-ring (bicyclic) bond motifs is 1. The number of ether oxygens (including phenoxy) is 1. The first kappa shape index (κ1) is 13.9. The Hall–Kier alpha value is -1.02. The van der Waals surface area contributed by atoms with E-state index in [1.165, 1.54) is 37.7 Å². The summed E-state index contributed by atoms with van der Waals surface area (Å²) in [5, 5.41) is 3.84. The van der Waals surface area contributed by atoms with Gasteiger partial charge in [-0.2, -0.15) is 0 Å². The molecule has 3 rings (SSSR count). The molecule has 0 saturated heterocycles. The van der Waals surface area contributed by atoms with E-state index in [0.717, 1.165) is 37.3 Å². The van der Waals surface area contributed by atoms with E-state index in [-0.39, 0.29) is 0 Å². The van der Waals surface area contributed by atoms with Crippen molar-refractivity contribution in [2.24, 2.45) is 5.92 Å². The van der Waals surface area contributed by atoms with E-state index in [0.29, 0.717) is 5.92 Å². The van der Waals surface area contributed by atoms with Crippen LogP contribution in [0.4, 0.5) is 0 Å². The molecule has 110 valence electrons. The van der Waals surface area contributed by atoms with Crippen molar-refractivity contribution < 1.29 is 4.74 Å².